The van der Waals surface area contributed by atoms with Crippen molar-refractivity contribution in [2.75, 3.05) is 50.1 Å². The van der Waals surface area contributed by atoms with E-state index in [9.17, 15) is 4.79 Å². The Morgan fingerprint density at radius 1 is 1.12 bits per heavy atom. The number of carbonyl (C=O) groups is 1. The molecule has 0 atom stereocenters. The molecular weight excluding hydrogens is 308 g/mol. The monoisotopic (exact) mass is 330 g/mol. The Hall–Kier alpha value is -2.64. The summed E-state index contributed by atoms with van der Waals surface area (Å²) in [4.78, 5) is 18.5. The van der Waals surface area contributed by atoms with Gasteiger partial charge in [-0.1, -0.05) is 5.16 Å². The van der Waals surface area contributed by atoms with E-state index in [1.54, 1.807) is 13.8 Å². The number of piperazine rings is 1. The van der Waals surface area contributed by atoms with Crippen molar-refractivity contribution in [2.24, 2.45) is 0 Å². The van der Waals surface area contributed by atoms with Crippen LogP contribution >= 0.6 is 0 Å². The molecule has 2 aromatic heterocycles. The van der Waals surface area contributed by atoms with Crippen molar-refractivity contribution in [1.29, 1.82) is 0 Å². The second-order valence-corrected chi connectivity index (χ2v) is 6.12. The molecule has 3 heterocycles. The number of aromatic nitrogens is 3. The third kappa shape index (κ3) is 3.04. The van der Waals surface area contributed by atoms with Crippen LogP contribution in [-0.4, -0.2) is 66.4 Å². The zero-order valence-electron chi connectivity index (χ0n) is 14.5. The normalized spacial score (nSPS) is 14.8. The Labute approximate surface area is 141 Å². The summed E-state index contributed by atoms with van der Waals surface area (Å²) in [5, 5.41) is 12.3. The van der Waals surface area contributed by atoms with Gasteiger partial charge in [-0.15, -0.1) is 10.2 Å². The Kier molecular flexibility index (Phi) is 4.37. The highest BCUT2D eigenvalue weighted by molar-refractivity contribution is 5.96. The maximum Gasteiger partial charge on any atom is 0.259 e. The van der Waals surface area contributed by atoms with E-state index in [2.05, 4.69) is 20.3 Å². The van der Waals surface area contributed by atoms with Crippen molar-refractivity contribution in [3.8, 4) is 0 Å². The predicted octanol–water partition coefficient (Wildman–Crippen LogP) is 1.11. The van der Waals surface area contributed by atoms with Gasteiger partial charge in [0.05, 0.1) is 5.69 Å². The van der Waals surface area contributed by atoms with Crippen molar-refractivity contribution < 1.29 is 9.32 Å². The Bertz CT molecular complexity index is 697. The number of nitrogens with zero attached hydrogens (tertiary/aromatic N) is 6. The zero-order valence-corrected chi connectivity index (χ0v) is 14.5. The first kappa shape index (κ1) is 16.2. The molecule has 1 fully saturated rings. The molecule has 24 heavy (non-hydrogen) atoms. The van der Waals surface area contributed by atoms with Crippen LogP contribution in [0.4, 0.5) is 11.6 Å². The summed E-state index contributed by atoms with van der Waals surface area (Å²) in [5.41, 5.74) is 1.23. The summed E-state index contributed by atoms with van der Waals surface area (Å²) in [6, 6.07) is 3.91. The maximum atomic E-state index is 12.6. The number of amides is 1. The van der Waals surface area contributed by atoms with Gasteiger partial charge < -0.3 is 19.2 Å². The fraction of sp³-hybridized carbons (Fsp3) is 0.500. The molecule has 1 saturated heterocycles. The third-order valence-electron chi connectivity index (χ3n) is 4.23. The minimum absolute atomic E-state index is 0.0139. The largest absolute Gasteiger partial charge is 0.361 e. The molecule has 1 aliphatic rings. The van der Waals surface area contributed by atoms with E-state index in [0.29, 0.717) is 30.1 Å². The summed E-state index contributed by atoms with van der Waals surface area (Å²) >= 11 is 0. The van der Waals surface area contributed by atoms with Gasteiger partial charge in [0.15, 0.2) is 11.6 Å². The molecule has 8 nitrogen and oxygen atoms in total. The van der Waals surface area contributed by atoms with Crippen LogP contribution in [0, 0.1) is 13.8 Å². The van der Waals surface area contributed by atoms with Crippen LogP contribution in [0.15, 0.2) is 16.7 Å². The summed E-state index contributed by atoms with van der Waals surface area (Å²) in [7, 11) is 3.87. The molecule has 0 N–H and O–H groups in total. The SMILES string of the molecule is Cc1noc(C)c1C(=O)N1CCN(c2ccc(N(C)C)nn2)CC1. The summed E-state index contributed by atoms with van der Waals surface area (Å²) < 4.78 is 5.10. The molecule has 1 aliphatic heterocycles. The minimum atomic E-state index is -0.0139. The summed E-state index contributed by atoms with van der Waals surface area (Å²) in [5.74, 6) is 2.22. The number of hydrogen-bond donors (Lipinski definition) is 0. The van der Waals surface area contributed by atoms with Crippen molar-refractivity contribution in [3.63, 3.8) is 0 Å². The topological polar surface area (TPSA) is 78.6 Å². The molecule has 8 heteroatoms. The van der Waals surface area contributed by atoms with Gasteiger partial charge in [0.2, 0.25) is 0 Å². The molecule has 128 valence electrons. The molecule has 0 bridgehead atoms. The average molecular weight is 330 g/mol. The summed E-state index contributed by atoms with van der Waals surface area (Å²) in [6.45, 7) is 6.30. The molecule has 2 aromatic rings. The maximum absolute atomic E-state index is 12.6. The smallest absolute Gasteiger partial charge is 0.259 e. The second-order valence-electron chi connectivity index (χ2n) is 6.12. The van der Waals surface area contributed by atoms with Gasteiger partial charge in [-0.25, -0.2) is 0 Å². The van der Waals surface area contributed by atoms with E-state index >= 15 is 0 Å². The molecule has 1 amide bonds. The lowest BCUT2D eigenvalue weighted by molar-refractivity contribution is 0.0744. The van der Waals surface area contributed by atoms with Gasteiger partial charge in [-0.05, 0) is 26.0 Å². The lowest BCUT2D eigenvalue weighted by Gasteiger charge is -2.35. The summed E-state index contributed by atoms with van der Waals surface area (Å²) in [6.07, 6.45) is 0. The van der Waals surface area contributed by atoms with Crippen LogP contribution < -0.4 is 9.80 Å². The van der Waals surface area contributed by atoms with Gasteiger partial charge in [0.25, 0.3) is 5.91 Å². The van der Waals surface area contributed by atoms with Gasteiger partial charge in [-0.2, -0.15) is 0 Å². The second kappa shape index (κ2) is 6.46. The van der Waals surface area contributed by atoms with E-state index in [4.69, 9.17) is 4.52 Å². The molecule has 3 rings (SSSR count). The first-order chi connectivity index (χ1) is 11.5. The fourth-order valence-corrected chi connectivity index (χ4v) is 2.81. The molecular formula is C16H22N6O2. The molecule has 0 unspecified atom stereocenters. The first-order valence-electron chi connectivity index (χ1n) is 7.95. The van der Waals surface area contributed by atoms with Crippen LogP contribution in [0.2, 0.25) is 0 Å². The van der Waals surface area contributed by atoms with Crippen LogP contribution in [0.1, 0.15) is 21.8 Å². The Morgan fingerprint density at radius 3 is 2.33 bits per heavy atom. The molecule has 0 saturated carbocycles. The van der Waals surface area contributed by atoms with Crippen LogP contribution in [0.25, 0.3) is 0 Å². The standard InChI is InChI=1S/C16H22N6O2/c1-11-15(12(2)24-19-11)16(23)22-9-7-21(8-10-22)14-6-5-13(17-18-14)20(3)4/h5-6H,7-10H2,1-4H3. The van der Waals surface area contributed by atoms with Crippen LogP contribution in [0.5, 0.6) is 0 Å². The van der Waals surface area contributed by atoms with Crippen molar-refractivity contribution in [1.82, 2.24) is 20.3 Å². The van der Waals surface area contributed by atoms with Crippen molar-refractivity contribution in [3.05, 3.63) is 29.2 Å². The number of aryl methyl sites for hydroxylation is 2. The Morgan fingerprint density at radius 2 is 1.83 bits per heavy atom. The average Bonchev–Trinajstić information content (AvgIpc) is 2.93. The van der Waals surface area contributed by atoms with Gasteiger partial charge in [0.1, 0.15) is 11.3 Å². The lowest BCUT2D eigenvalue weighted by atomic mass is 10.1. The number of hydrogen-bond acceptors (Lipinski definition) is 7. The third-order valence-corrected chi connectivity index (χ3v) is 4.23. The van der Waals surface area contributed by atoms with E-state index in [1.165, 1.54) is 0 Å². The highest BCUT2D eigenvalue weighted by atomic mass is 16.5. The predicted molar refractivity (Wildman–Crippen MR) is 90.5 cm³/mol. The quantitative estimate of drug-likeness (QED) is 0.834. The van der Waals surface area contributed by atoms with Gasteiger partial charge in [-0.3, -0.25) is 4.79 Å². The first-order valence-corrected chi connectivity index (χ1v) is 7.95. The van der Waals surface area contributed by atoms with Crippen molar-refractivity contribution >= 4 is 17.5 Å². The van der Waals surface area contributed by atoms with Gasteiger partial charge in [0, 0.05) is 40.3 Å². The van der Waals surface area contributed by atoms with Crippen molar-refractivity contribution in [2.45, 2.75) is 13.8 Å². The number of carbonyl (C=O) groups excluding carboxylic acids is 1. The van der Waals surface area contributed by atoms with E-state index in [1.807, 2.05) is 36.0 Å². The molecule has 0 spiro atoms. The lowest BCUT2D eigenvalue weighted by Crippen LogP contribution is -2.49. The molecule has 0 aliphatic carbocycles. The minimum Gasteiger partial charge on any atom is -0.361 e. The molecule has 0 radical (unpaired) electrons. The van der Waals surface area contributed by atoms with E-state index in [-0.39, 0.29) is 5.91 Å². The molecule has 0 aromatic carbocycles. The van der Waals surface area contributed by atoms with Crippen LogP contribution in [0.3, 0.4) is 0 Å². The highest BCUT2D eigenvalue weighted by Gasteiger charge is 2.27. The van der Waals surface area contributed by atoms with E-state index in [0.717, 1.165) is 24.7 Å². The zero-order chi connectivity index (χ0) is 17.3. The highest BCUT2D eigenvalue weighted by Crippen LogP contribution is 2.19. The van der Waals surface area contributed by atoms with Gasteiger partial charge >= 0.3 is 0 Å². The Balaban J connectivity index is 1.64. The number of anilines is 2. The number of rotatable bonds is 3. The van der Waals surface area contributed by atoms with E-state index < -0.39 is 0 Å². The van der Waals surface area contributed by atoms with Crippen LogP contribution in [-0.2, 0) is 0 Å². The fourth-order valence-electron chi connectivity index (χ4n) is 2.81.